The Morgan fingerprint density at radius 1 is 1.04 bits per heavy atom. The lowest BCUT2D eigenvalue weighted by Gasteiger charge is -2.24. The number of phenolic OH excluding ortho intramolecular Hbond substituents is 1. The molecule has 1 rings (SSSR count). The minimum atomic E-state index is -0.129. The summed E-state index contributed by atoms with van der Waals surface area (Å²) in [5.74, 6) is 0.255. The molecule has 0 heterocycles. The van der Waals surface area contributed by atoms with E-state index in [1.165, 1.54) is 25.7 Å². The van der Waals surface area contributed by atoms with Crippen molar-refractivity contribution in [3.63, 3.8) is 0 Å². The van der Waals surface area contributed by atoms with Crippen LogP contribution in [-0.4, -0.2) is 17.7 Å². The number of benzene rings is 1. The summed E-state index contributed by atoms with van der Waals surface area (Å²) in [5, 5.41) is 10.4. The van der Waals surface area contributed by atoms with Crippen LogP contribution in [0.1, 0.15) is 94.9 Å². The Hall–Kier alpha value is -1.51. The van der Waals surface area contributed by atoms with Crippen LogP contribution in [0.4, 0.5) is 0 Å². The molecule has 0 fully saturated rings. The molecule has 1 aromatic rings. The van der Waals surface area contributed by atoms with Crippen LogP contribution < -0.4 is 0 Å². The third kappa shape index (κ3) is 7.01. The highest BCUT2D eigenvalue weighted by atomic mass is 16.5. The molecular weight excluding hydrogens is 324 g/mol. The average Bonchev–Trinajstić information content (AvgIpc) is 2.57. The Labute approximate surface area is 160 Å². The smallest absolute Gasteiger partial charge is 0.306 e. The molecule has 3 nitrogen and oxygen atoms in total. The summed E-state index contributed by atoms with van der Waals surface area (Å²) in [6.45, 7) is 13.0. The molecule has 0 saturated heterocycles. The van der Waals surface area contributed by atoms with Gasteiger partial charge in [0, 0.05) is 6.42 Å². The number of unbranched alkanes of at least 4 members (excludes halogenated alkanes) is 5. The van der Waals surface area contributed by atoms with Gasteiger partial charge in [-0.3, -0.25) is 4.79 Å². The number of aromatic hydroxyl groups is 1. The van der Waals surface area contributed by atoms with Crippen LogP contribution in [0.2, 0.25) is 0 Å². The van der Waals surface area contributed by atoms with Gasteiger partial charge in [-0.25, -0.2) is 0 Å². The van der Waals surface area contributed by atoms with Crippen molar-refractivity contribution in [3.8, 4) is 5.75 Å². The van der Waals surface area contributed by atoms with Crippen molar-refractivity contribution in [2.75, 3.05) is 6.61 Å². The predicted molar refractivity (Wildman–Crippen MR) is 109 cm³/mol. The van der Waals surface area contributed by atoms with E-state index in [1.54, 1.807) is 0 Å². The molecule has 0 unspecified atom stereocenters. The third-order valence-electron chi connectivity index (χ3n) is 5.14. The molecule has 3 heteroatoms. The molecule has 26 heavy (non-hydrogen) atoms. The van der Waals surface area contributed by atoms with Gasteiger partial charge in [-0.15, -0.1) is 0 Å². The van der Waals surface area contributed by atoms with Gasteiger partial charge in [-0.1, -0.05) is 65.9 Å². The van der Waals surface area contributed by atoms with Crippen molar-refractivity contribution in [1.82, 2.24) is 0 Å². The summed E-state index contributed by atoms with van der Waals surface area (Å²) < 4.78 is 5.37. The Balaban J connectivity index is 2.52. The molecule has 0 atom stereocenters. The SMILES string of the molecule is CCCCCCCCOC(=O)CCc1cc(C(C)(C)C)c(O)c(C)c1C. The van der Waals surface area contributed by atoms with Gasteiger partial charge in [0.1, 0.15) is 5.75 Å². The molecule has 148 valence electrons. The maximum absolute atomic E-state index is 12.0. The van der Waals surface area contributed by atoms with E-state index in [4.69, 9.17) is 4.74 Å². The predicted octanol–water partition coefficient (Wildman–Crippen LogP) is 6.14. The monoisotopic (exact) mass is 362 g/mol. The molecule has 0 amide bonds. The van der Waals surface area contributed by atoms with Gasteiger partial charge in [-0.2, -0.15) is 0 Å². The Bertz CT molecular complexity index is 582. The standard InChI is InChI=1S/C23H38O3/c1-7-8-9-10-11-12-15-26-21(24)14-13-19-16-20(23(4,5)6)22(25)18(3)17(19)2/h16,25H,7-15H2,1-6H3. The first-order valence-electron chi connectivity index (χ1n) is 10.2. The van der Waals surface area contributed by atoms with Gasteiger partial charge in [0.2, 0.25) is 0 Å². The summed E-state index contributed by atoms with van der Waals surface area (Å²) in [4.78, 5) is 12.0. The third-order valence-corrected chi connectivity index (χ3v) is 5.14. The fraction of sp³-hybridized carbons (Fsp3) is 0.696. The Morgan fingerprint density at radius 2 is 1.65 bits per heavy atom. The molecule has 0 aliphatic rings. The van der Waals surface area contributed by atoms with Crippen LogP contribution >= 0.6 is 0 Å². The van der Waals surface area contributed by atoms with Crippen LogP contribution in [0.15, 0.2) is 6.07 Å². The number of carbonyl (C=O) groups excluding carboxylic acids is 1. The van der Waals surface area contributed by atoms with Crippen molar-refractivity contribution in [1.29, 1.82) is 0 Å². The number of carbonyl (C=O) groups is 1. The lowest BCUT2D eigenvalue weighted by molar-refractivity contribution is -0.143. The highest BCUT2D eigenvalue weighted by molar-refractivity contribution is 5.70. The van der Waals surface area contributed by atoms with Gasteiger partial charge < -0.3 is 9.84 Å². The molecule has 0 radical (unpaired) electrons. The van der Waals surface area contributed by atoms with Gasteiger partial charge in [0.15, 0.2) is 0 Å². The summed E-state index contributed by atoms with van der Waals surface area (Å²) in [6.07, 6.45) is 8.20. The van der Waals surface area contributed by atoms with Crippen LogP contribution in [-0.2, 0) is 21.4 Å². The minimum Gasteiger partial charge on any atom is -0.507 e. The zero-order valence-electron chi connectivity index (χ0n) is 17.7. The molecule has 1 N–H and O–H groups in total. The van der Waals surface area contributed by atoms with Crippen LogP contribution in [0.3, 0.4) is 0 Å². The Morgan fingerprint density at radius 3 is 2.27 bits per heavy atom. The van der Waals surface area contributed by atoms with Crippen molar-refractivity contribution in [2.24, 2.45) is 0 Å². The second-order valence-electron chi connectivity index (χ2n) is 8.42. The van der Waals surface area contributed by atoms with Crippen molar-refractivity contribution < 1.29 is 14.6 Å². The first-order chi connectivity index (χ1) is 12.2. The molecular formula is C23H38O3. The maximum Gasteiger partial charge on any atom is 0.306 e. The number of phenols is 1. The fourth-order valence-electron chi connectivity index (χ4n) is 3.18. The van der Waals surface area contributed by atoms with E-state index in [1.807, 2.05) is 13.8 Å². The number of ether oxygens (including phenoxy) is 1. The highest BCUT2D eigenvalue weighted by Gasteiger charge is 2.22. The van der Waals surface area contributed by atoms with Crippen molar-refractivity contribution in [3.05, 3.63) is 28.3 Å². The summed E-state index contributed by atoms with van der Waals surface area (Å²) in [5.41, 5.74) is 3.92. The minimum absolute atomic E-state index is 0.124. The molecule has 0 spiro atoms. The van der Waals surface area contributed by atoms with E-state index in [2.05, 4.69) is 33.8 Å². The maximum atomic E-state index is 12.0. The van der Waals surface area contributed by atoms with E-state index in [-0.39, 0.29) is 11.4 Å². The van der Waals surface area contributed by atoms with E-state index in [9.17, 15) is 9.90 Å². The molecule has 0 saturated carbocycles. The van der Waals surface area contributed by atoms with Crippen LogP contribution in [0.25, 0.3) is 0 Å². The second-order valence-corrected chi connectivity index (χ2v) is 8.42. The molecule has 0 aromatic heterocycles. The summed E-state index contributed by atoms with van der Waals surface area (Å²) >= 11 is 0. The van der Waals surface area contributed by atoms with Crippen LogP contribution in [0.5, 0.6) is 5.75 Å². The second kappa shape index (κ2) is 10.6. The van der Waals surface area contributed by atoms with Gasteiger partial charge in [0.05, 0.1) is 6.61 Å². The number of hydrogen-bond acceptors (Lipinski definition) is 3. The lowest BCUT2D eigenvalue weighted by Crippen LogP contribution is -2.14. The van der Waals surface area contributed by atoms with E-state index in [0.29, 0.717) is 25.2 Å². The van der Waals surface area contributed by atoms with Gasteiger partial charge in [0.25, 0.3) is 0 Å². The first-order valence-corrected chi connectivity index (χ1v) is 10.2. The topological polar surface area (TPSA) is 46.5 Å². The van der Waals surface area contributed by atoms with Crippen molar-refractivity contribution in [2.45, 2.75) is 98.3 Å². The van der Waals surface area contributed by atoms with Crippen molar-refractivity contribution >= 4 is 5.97 Å². The molecule has 0 aliphatic heterocycles. The zero-order valence-corrected chi connectivity index (χ0v) is 17.7. The normalized spacial score (nSPS) is 11.6. The molecule has 0 aliphatic carbocycles. The van der Waals surface area contributed by atoms with Gasteiger partial charge in [-0.05, 0) is 54.4 Å². The lowest BCUT2D eigenvalue weighted by atomic mass is 9.82. The molecule has 1 aromatic carbocycles. The Kier molecular flexibility index (Phi) is 9.18. The number of aryl methyl sites for hydroxylation is 1. The van der Waals surface area contributed by atoms with Crippen LogP contribution in [0, 0.1) is 13.8 Å². The number of rotatable bonds is 10. The summed E-state index contributed by atoms with van der Waals surface area (Å²) in [7, 11) is 0. The molecule has 0 bridgehead atoms. The first kappa shape index (κ1) is 22.5. The van der Waals surface area contributed by atoms with E-state index in [0.717, 1.165) is 35.1 Å². The number of hydrogen-bond donors (Lipinski definition) is 1. The quantitative estimate of drug-likeness (QED) is 0.401. The largest absolute Gasteiger partial charge is 0.507 e. The van der Waals surface area contributed by atoms with Gasteiger partial charge >= 0.3 is 5.97 Å². The zero-order chi connectivity index (χ0) is 19.7. The summed E-state index contributed by atoms with van der Waals surface area (Å²) in [6, 6.07) is 2.05. The van der Waals surface area contributed by atoms with E-state index >= 15 is 0 Å². The highest BCUT2D eigenvalue weighted by Crippen LogP contribution is 2.36. The number of esters is 1. The fourth-order valence-corrected chi connectivity index (χ4v) is 3.18. The average molecular weight is 363 g/mol. The van der Waals surface area contributed by atoms with E-state index < -0.39 is 0 Å².